The number of hydrogen-bond acceptors (Lipinski definition) is 7. The second kappa shape index (κ2) is 13.5. The first-order chi connectivity index (χ1) is 19.0. The molecule has 2 amide bonds. The van der Waals surface area contributed by atoms with E-state index in [4.69, 9.17) is 28.3 Å². The molecule has 15 heteroatoms. The number of fused-ring (bicyclic) bond motifs is 1. The molecule has 1 fully saturated rings. The number of nitrogens with one attached hydrogen (secondary N) is 1. The van der Waals surface area contributed by atoms with Crippen molar-refractivity contribution >= 4 is 82.2 Å². The number of nitrogens with zero attached hydrogens (tertiary/aromatic N) is 2. The van der Waals surface area contributed by atoms with E-state index in [1.54, 1.807) is 47.3 Å². The lowest BCUT2D eigenvalue weighted by atomic mass is 10.0. The second-order valence-electron chi connectivity index (χ2n) is 8.73. The summed E-state index contributed by atoms with van der Waals surface area (Å²) in [7, 11) is 0. The van der Waals surface area contributed by atoms with Crippen LogP contribution < -0.4 is 9.88 Å². The number of aliphatic carboxylic acids is 2. The minimum atomic E-state index is -1.93. The fraction of sp³-hybridized carbons (Fsp3) is 0.320. The van der Waals surface area contributed by atoms with Gasteiger partial charge in [0, 0.05) is 44.9 Å². The molecule has 2 aliphatic rings. The number of carboxylic acids is 2. The van der Waals surface area contributed by atoms with Crippen LogP contribution in [-0.2, 0) is 25.7 Å². The van der Waals surface area contributed by atoms with E-state index in [0.717, 1.165) is 4.90 Å². The van der Waals surface area contributed by atoms with Gasteiger partial charge in [-0.3, -0.25) is 14.5 Å². The molecule has 0 bridgehead atoms. The van der Waals surface area contributed by atoms with Gasteiger partial charge in [0.15, 0.2) is 18.9 Å². The normalized spacial score (nSPS) is 19.1. The summed E-state index contributed by atoms with van der Waals surface area (Å²) in [6, 6.07) is 7.63. The molecule has 2 aromatic rings. The second-order valence-corrected chi connectivity index (χ2v) is 12.7. The number of β-lactam (4-membered cyclic amide) rings is 1. The summed E-state index contributed by atoms with van der Waals surface area (Å²) in [5.74, 6) is -2.85. The lowest BCUT2D eigenvalue weighted by molar-refractivity contribution is -0.698. The summed E-state index contributed by atoms with van der Waals surface area (Å²) in [5, 5.41) is 21.7. The van der Waals surface area contributed by atoms with Crippen molar-refractivity contribution in [3.63, 3.8) is 0 Å². The molecule has 40 heavy (non-hydrogen) atoms. The third kappa shape index (κ3) is 7.24. The summed E-state index contributed by atoms with van der Waals surface area (Å²) >= 11 is 16.1. The molecule has 1 aromatic heterocycles. The van der Waals surface area contributed by atoms with Crippen LogP contribution >= 0.6 is 58.5 Å². The van der Waals surface area contributed by atoms with Gasteiger partial charge in [0.1, 0.15) is 17.1 Å². The number of carbonyl (C=O) groups is 4. The predicted octanol–water partition coefficient (Wildman–Crippen LogP) is 3.72. The summed E-state index contributed by atoms with van der Waals surface area (Å²) in [6.07, 6.45) is 1.31. The van der Waals surface area contributed by atoms with E-state index in [1.165, 1.54) is 40.2 Å². The third-order valence-corrected chi connectivity index (χ3v) is 10.2. The van der Waals surface area contributed by atoms with Crippen molar-refractivity contribution in [2.75, 3.05) is 17.3 Å². The van der Waals surface area contributed by atoms with Crippen LogP contribution in [0.5, 0.6) is 0 Å². The SMILES string of the molecule is O=C(CSc1cc(Cl)ccc1Cl)N[C@H]1C(=O)N2C(C(=O)O)=C(CSc3cc[n+](CCC(F)C(=O)O)cc3)CS[C@H]12. The van der Waals surface area contributed by atoms with Gasteiger partial charge in [-0.15, -0.1) is 35.3 Å². The Hall–Kier alpha value is -2.45. The predicted molar refractivity (Wildman–Crippen MR) is 151 cm³/mol. The Balaban J connectivity index is 1.33. The number of aryl methyl sites for hydroxylation is 1. The number of thioether (sulfide) groups is 3. The van der Waals surface area contributed by atoms with Crippen LogP contribution in [0, 0.1) is 0 Å². The van der Waals surface area contributed by atoms with Crippen molar-refractivity contribution in [1.82, 2.24) is 10.2 Å². The first-order valence-electron chi connectivity index (χ1n) is 11.8. The Morgan fingerprint density at radius 3 is 2.58 bits per heavy atom. The number of carboxylic acid groups (broad SMARTS) is 2. The summed E-state index contributed by atoms with van der Waals surface area (Å²) in [4.78, 5) is 50.9. The molecule has 2 aliphatic heterocycles. The van der Waals surface area contributed by atoms with Crippen LogP contribution in [0.1, 0.15) is 6.42 Å². The molecular formula is C25H23Cl2FN3O6S3+. The van der Waals surface area contributed by atoms with Gasteiger partial charge >= 0.3 is 11.9 Å². The topological polar surface area (TPSA) is 128 Å². The molecule has 0 saturated carbocycles. The number of pyridine rings is 1. The van der Waals surface area contributed by atoms with E-state index in [9.17, 15) is 28.7 Å². The number of hydrogen-bond donors (Lipinski definition) is 3. The summed E-state index contributed by atoms with van der Waals surface area (Å²) in [6.45, 7) is 0.201. The zero-order valence-electron chi connectivity index (χ0n) is 20.6. The molecule has 3 heterocycles. The maximum atomic E-state index is 13.3. The lowest BCUT2D eigenvalue weighted by Crippen LogP contribution is -2.70. The molecule has 1 saturated heterocycles. The van der Waals surface area contributed by atoms with E-state index < -0.39 is 35.4 Å². The number of amides is 2. The molecule has 1 aromatic carbocycles. The molecule has 0 aliphatic carbocycles. The van der Waals surface area contributed by atoms with Crippen molar-refractivity contribution in [2.24, 2.45) is 0 Å². The third-order valence-electron chi connectivity index (χ3n) is 6.00. The fourth-order valence-electron chi connectivity index (χ4n) is 3.99. The Morgan fingerprint density at radius 2 is 1.90 bits per heavy atom. The van der Waals surface area contributed by atoms with Crippen LogP contribution in [0.15, 0.2) is 63.8 Å². The first-order valence-corrected chi connectivity index (χ1v) is 15.6. The number of alkyl halides is 1. The van der Waals surface area contributed by atoms with Crippen LogP contribution in [0.3, 0.4) is 0 Å². The number of aromatic nitrogens is 1. The number of carbonyl (C=O) groups excluding carboxylic acids is 2. The van der Waals surface area contributed by atoms with Crippen molar-refractivity contribution in [1.29, 1.82) is 0 Å². The van der Waals surface area contributed by atoms with Gasteiger partial charge in [-0.05, 0) is 23.8 Å². The van der Waals surface area contributed by atoms with Crippen LogP contribution in [0.25, 0.3) is 0 Å². The molecule has 3 atom stereocenters. The molecule has 212 valence electrons. The lowest BCUT2D eigenvalue weighted by Gasteiger charge is -2.49. The molecule has 0 radical (unpaired) electrons. The zero-order valence-corrected chi connectivity index (χ0v) is 24.6. The van der Waals surface area contributed by atoms with E-state index in [1.807, 2.05) is 0 Å². The van der Waals surface area contributed by atoms with Crippen LogP contribution in [0.4, 0.5) is 4.39 Å². The molecule has 4 rings (SSSR count). The Morgan fingerprint density at radius 1 is 1.18 bits per heavy atom. The highest BCUT2D eigenvalue weighted by Crippen LogP contribution is 2.41. The van der Waals surface area contributed by atoms with Crippen molar-refractivity contribution in [2.45, 2.75) is 40.3 Å². The summed E-state index contributed by atoms with van der Waals surface area (Å²) < 4.78 is 15.0. The Bertz CT molecular complexity index is 1360. The smallest absolute Gasteiger partial charge is 0.352 e. The molecular weight excluding hydrogens is 624 g/mol. The highest BCUT2D eigenvalue weighted by Gasteiger charge is 2.54. The Kier molecular flexibility index (Phi) is 10.3. The van der Waals surface area contributed by atoms with Crippen LogP contribution in [0.2, 0.25) is 10.0 Å². The highest BCUT2D eigenvalue weighted by molar-refractivity contribution is 8.01. The first kappa shape index (κ1) is 30.5. The molecule has 9 nitrogen and oxygen atoms in total. The monoisotopic (exact) mass is 646 g/mol. The van der Waals surface area contributed by atoms with Gasteiger partial charge in [0.25, 0.3) is 5.91 Å². The van der Waals surface area contributed by atoms with Crippen molar-refractivity contribution in [3.8, 4) is 0 Å². The van der Waals surface area contributed by atoms with E-state index >= 15 is 0 Å². The highest BCUT2D eigenvalue weighted by atomic mass is 35.5. The molecule has 3 N–H and O–H groups in total. The standard InChI is InChI=1S/C25H22Cl2FN3O6S3/c26-14-1-2-16(27)18(9-14)39-12-19(32)29-20-22(33)31-21(25(36)37)13(11-40-23(20)31)10-38-15-3-6-30(7-4-15)8-5-17(28)24(34)35/h1-4,6-7,9,17,20,23H,5,8,10-12H2,(H2-,29,32,34,35,36,37)/p+1/t17?,20-,23+/m0/s1. The van der Waals surface area contributed by atoms with Gasteiger partial charge in [-0.1, -0.05) is 23.2 Å². The van der Waals surface area contributed by atoms with E-state index in [-0.39, 0.29) is 30.3 Å². The minimum Gasteiger partial charge on any atom is -0.479 e. The average Bonchev–Trinajstić information content (AvgIpc) is 2.93. The Labute approximate surface area is 251 Å². The van der Waals surface area contributed by atoms with Crippen molar-refractivity contribution < 1.29 is 38.3 Å². The average molecular weight is 648 g/mol. The molecule has 0 spiro atoms. The van der Waals surface area contributed by atoms with Gasteiger partial charge in [-0.2, -0.15) is 0 Å². The summed E-state index contributed by atoms with van der Waals surface area (Å²) in [5.41, 5.74) is 0.516. The number of rotatable bonds is 12. The van der Waals surface area contributed by atoms with Crippen LogP contribution in [-0.4, -0.2) is 73.7 Å². The van der Waals surface area contributed by atoms with E-state index in [2.05, 4.69) is 5.32 Å². The quantitative estimate of drug-likeness (QED) is 0.180. The number of benzene rings is 1. The fourth-order valence-corrected chi connectivity index (χ4v) is 7.66. The van der Waals surface area contributed by atoms with E-state index in [0.29, 0.717) is 32.0 Å². The largest absolute Gasteiger partial charge is 0.479 e. The minimum absolute atomic E-state index is 0.00966. The zero-order chi connectivity index (χ0) is 29.0. The molecule has 1 unspecified atom stereocenters. The van der Waals surface area contributed by atoms with Gasteiger partial charge in [0.05, 0.1) is 10.8 Å². The maximum absolute atomic E-state index is 13.3. The number of halogens is 3. The van der Waals surface area contributed by atoms with Gasteiger partial charge in [0.2, 0.25) is 12.1 Å². The van der Waals surface area contributed by atoms with Gasteiger partial charge < -0.3 is 15.5 Å². The van der Waals surface area contributed by atoms with Crippen molar-refractivity contribution in [3.05, 3.63) is 64.0 Å². The maximum Gasteiger partial charge on any atom is 0.352 e. The van der Waals surface area contributed by atoms with Gasteiger partial charge in [-0.25, -0.2) is 18.5 Å².